The molecule has 5 nitrogen and oxygen atoms in total. The third-order valence-electron chi connectivity index (χ3n) is 8.13. The van der Waals surface area contributed by atoms with Crippen molar-refractivity contribution in [2.24, 2.45) is 23.0 Å². The number of nitrogens with two attached hydrogens (primary N) is 1. The first-order valence-electron chi connectivity index (χ1n) is 11.5. The van der Waals surface area contributed by atoms with Crippen LogP contribution in [0.4, 0.5) is 8.78 Å². The number of amides is 1. The van der Waals surface area contributed by atoms with Gasteiger partial charge in [0.05, 0.1) is 10.9 Å². The molecule has 1 amide bonds. The van der Waals surface area contributed by atoms with Crippen LogP contribution in [0.5, 0.6) is 0 Å². The van der Waals surface area contributed by atoms with E-state index in [-0.39, 0.29) is 41.2 Å². The molecule has 3 unspecified atom stereocenters. The molecule has 3 fully saturated rings. The Morgan fingerprint density at radius 1 is 1.13 bits per heavy atom. The third-order valence-corrected chi connectivity index (χ3v) is 8.13. The number of aromatic nitrogens is 2. The molecular weight excluding hydrogens is 400 g/mol. The molecule has 3 aliphatic rings. The molecule has 2 aromatic rings. The number of halogens is 2. The maximum atomic E-state index is 14.0. The number of hydrogen-bond acceptors (Lipinski definition) is 3. The Bertz CT molecular complexity index is 1080. The summed E-state index contributed by atoms with van der Waals surface area (Å²) in [5, 5.41) is 0.223. The van der Waals surface area contributed by atoms with Gasteiger partial charge >= 0.3 is 0 Å². The van der Waals surface area contributed by atoms with Gasteiger partial charge in [-0.25, -0.2) is 8.78 Å². The second-order valence-electron chi connectivity index (χ2n) is 10.1. The van der Waals surface area contributed by atoms with E-state index in [1.165, 1.54) is 19.0 Å². The Kier molecular flexibility index (Phi) is 4.90. The summed E-state index contributed by atoms with van der Waals surface area (Å²) in [7, 11) is 0. The second-order valence-corrected chi connectivity index (χ2v) is 10.1. The van der Waals surface area contributed by atoms with E-state index in [0.717, 1.165) is 31.4 Å². The molecule has 0 aromatic carbocycles. The van der Waals surface area contributed by atoms with Crippen LogP contribution in [0.1, 0.15) is 86.3 Å². The molecule has 166 valence electrons. The Labute approximate surface area is 179 Å². The van der Waals surface area contributed by atoms with Gasteiger partial charge < -0.3 is 10.7 Å². The van der Waals surface area contributed by atoms with Crippen LogP contribution in [0.3, 0.4) is 0 Å². The molecule has 2 heterocycles. The fourth-order valence-corrected chi connectivity index (χ4v) is 6.25. The van der Waals surface area contributed by atoms with Crippen LogP contribution in [0, 0.1) is 17.3 Å². The number of hydrogen-bond donors (Lipinski definition) is 2. The van der Waals surface area contributed by atoms with Crippen molar-refractivity contribution >= 4 is 16.8 Å². The standard InChI is InChI=1S/C24H29F2N3O2/c25-24(26)6-1-2-14(3-8-24)15-4-7-23(9-10-23)13-16(15)18-12-19(30)20-17(29-18)5-11-28-21(20)22(27)31/h5,11-12,14-16H,1-4,6-10,13H2,(H2,27,31)(H,29,30). The Balaban J connectivity index is 1.53. The fraction of sp³-hybridized carbons (Fsp3) is 0.625. The summed E-state index contributed by atoms with van der Waals surface area (Å²) in [6.45, 7) is 0. The molecule has 7 heteroatoms. The van der Waals surface area contributed by atoms with Crippen LogP contribution in [-0.4, -0.2) is 21.8 Å². The van der Waals surface area contributed by atoms with Crippen LogP contribution >= 0.6 is 0 Å². The highest BCUT2D eigenvalue weighted by Gasteiger charge is 2.51. The molecule has 0 bridgehead atoms. The molecule has 2 aromatic heterocycles. The molecule has 5 rings (SSSR count). The minimum atomic E-state index is -2.55. The van der Waals surface area contributed by atoms with Gasteiger partial charge in [0.2, 0.25) is 5.92 Å². The molecule has 0 saturated heterocycles. The van der Waals surface area contributed by atoms with Crippen LogP contribution in [0.25, 0.3) is 10.9 Å². The Morgan fingerprint density at radius 3 is 2.68 bits per heavy atom. The molecule has 0 aliphatic heterocycles. The summed E-state index contributed by atoms with van der Waals surface area (Å²) in [6.07, 6.45) is 9.00. The van der Waals surface area contributed by atoms with Gasteiger partial charge in [0.15, 0.2) is 5.43 Å². The predicted octanol–water partition coefficient (Wildman–Crippen LogP) is 4.90. The zero-order chi connectivity index (χ0) is 21.8. The lowest BCUT2D eigenvalue weighted by atomic mass is 9.64. The SMILES string of the molecule is NC(=O)c1nccc2[nH]c(C3CC4(CCC3C3CCCC(F)(F)CC3)CC4)cc(=O)c12. The van der Waals surface area contributed by atoms with E-state index in [1.54, 1.807) is 12.1 Å². The molecule has 3 N–H and O–H groups in total. The first kappa shape index (κ1) is 20.6. The van der Waals surface area contributed by atoms with Gasteiger partial charge in [-0.05, 0) is 74.7 Å². The quantitative estimate of drug-likeness (QED) is 0.680. The third kappa shape index (κ3) is 3.87. The minimum Gasteiger partial charge on any atom is -0.364 e. The van der Waals surface area contributed by atoms with E-state index < -0.39 is 11.8 Å². The van der Waals surface area contributed by atoms with Crippen LogP contribution in [0.2, 0.25) is 0 Å². The summed E-state index contributed by atoms with van der Waals surface area (Å²) < 4.78 is 28.0. The molecule has 3 aliphatic carbocycles. The summed E-state index contributed by atoms with van der Waals surface area (Å²) in [4.78, 5) is 32.1. The van der Waals surface area contributed by atoms with Crippen LogP contribution < -0.4 is 11.2 Å². The highest BCUT2D eigenvalue weighted by Crippen LogP contribution is 2.62. The lowest BCUT2D eigenvalue weighted by molar-refractivity contribution is -0.0161. The van der Waals surface area contributed by atoms with Gasteiger partial charge in [-0.15, -0.1) is 0 Å². The van der Waals surface area contributed by atoms with E-state index >= 15 is 0 Å². The Morgan fingerprint density at radius 2 is 1.94 bits per heavy atom. The zero-order valence-corrected chi connectivity index (χ0v) is 17.6. The van der Waals surface area contributed by atoms with Crippen LogP contribution in [-0.2, 0) is 0 Å². The average molecular weight is 430 g/mol. The highest BCUT2D eigenvalue weighted by atomic mass is 19.3. The number of primary amides is 1. The molecule has 31 heavy (non-hydrogen) atoms. The topological polar surface area (TPSA) is 88.8 Å². The number of aromatic amines is 1. The largest absolute Gasteiger partial charge is 0.364 e. The summed E-state index contributed by atoms with van der Waals surface area (Å²) in [6, 6.07) is 3.30. The number of nitrogens with one attached hydrogen (secondary N) is 1. The number of rotatable bonds is 3. The van der Waals surface area contributed by atoms with Crippen LogP contribution in [0.15, 0.2) is 23.1 Å². The molecule has 3 saturated carbocycles. The van der Waals surface area contributed by atoms with Crippen molar-refractivity contribution in [2.75, 3.05) is 0 Å². The van der Waals surface area contributed by atoms with E-state index in [9.17, 15) is 18.4 Å². The minimum absolute atomic E-state index is 0.0134. The van der Waals surface area contributed by atoms with Crippen molar-refractivity contribution in [2.45, 2.75) is 76.0 Å². The average Bonchev–Trinajstić information content (AvgIpc) is 3.51. The fourth-order valence-electron chi connectivity index (χ4n) is 6.25. The first-order valence-corrected chi connectivity index (χ1v) is 11.5. The molecular formula is C24H29F2N3O2. The second kappa shape index (κ2) is 7.38. The zero-order valence-electron chi connectivity index (χ0n) is 17.6. The Hall–Kier alpha value is -2.31. The van der Waals surface area contributed by atoms with Gasteiger partial charge in [-0.2, -0.15) is 0 Å². The van der Waals surface area contributed by atoms with Crippen molar-refractivity contribution in [3.8, 4) is 0 Å². The number of H-pyrrole nitrogens is 1. The number of carbonyl (C=O) groups excluding carboxylic acids is 1. The number of fused-ring (bicyclic) bond motifs is 1. The highest BCUT2D eigenvalue weighted by molar-refractivity contribution is 6.03. The summed E-state index contributed by atoms with van der Waals surface area (Å²) in [5.41, 5.74) is 6.93. The monoisotopic (exact) mass is 429 g/mol. The number of carbonyl (C=O) groups is 1. The van der Waals surface area contributed by atoms with Crippen molar-refractivity contribution in [1.29, 1.82) is 0 Å². The normalized spacial score (nSPS) is 29.5. The van der Waals surface area contributed by atoms with Gasteiger partial charge in [-0.1, -0.05) is 0 Å². The van der Waals surface area contributed by atoms with E-state index in [0.29, 0.717) is 29.7 Å². The maximum absolute atomic E-state index is 14.0. The van der Waals surface area contributed by atoms with Crippen molar-refractivity contribution in [3.63, 3.8) is 0 Å². The van der Waals surface area contributed by atoms with Gasteiger partial charge in [0.1, 0.15) is 5.69 Å². The number of pyridine rings is 2. The molecule has 3 atom stereocenters. The summed E-state index contributed by atoms with van der Waals surface area (Å²) >= 11 is 0. The van der Waals surface area contributed by atoms with Gasteiger partial charge in [0, 0.05) is 36.7 Å². The molecule has 0 radical (unpaired) electrons. The van der Waals surface area contributed by atoms with Gasteiger partial charge in [0.25, 0.3) is 5.91 Å². The maximum Gasteiger partial charge on any atom is 0.268 e. The summed E-state index contributed by atoms with van der Waals surface area (Å²) in [5.74, 6) is -2.57. The number of alkyl halides is 2. The van der Waals surface area contributed by atoms with E-state index in [2.05, 4.69) is 9.97 Å². The van der Waals surface area contributed by atoms with E-state index in [1.807, 2.05) is 0 Å². The van der Waals surface area contributed by atoms with Gasteiger partial charge in [-0.3, -0.25) is 14.6 Å². The van der Waals surface area contributed by atoms with E-state index in [4.69, 9.17) is 5.73 Å². The lowest BCUT2D eigenvalue weighted by Crippen LogP contribution is -2.31. The first-order chi connectivity index (χ1) is 14.8. The molecule has 1 spiro atoms. The van der Waals surface area contributed by atoms with Crippen molar-refractivity contribution in [3.05, 3.63) is 39.9 Å². The predicted molar refractivity (Wildman–Crippen MR) is 114 cm³/mol. The number of nitrogens with zero attached hydrogens (tertiary/aromatic N) is 1. The lowest BCUT2D eigenvalue weighted by Gasteiger charge is -2.41. The van der Waals surface area contributed by atoms with Crippen molar-refractivity contribution < 1.29 is 13.6 Å². The smallest absolute Gasteiger partial charge is 0.268 e. The van der Waals surface area contributed by atoms with Crippen molar-refractivity contribution in [1.82, 2.24) is 9.97 Å².